The lowest BCUT2D eigenvalue weighted by Gasteiger charge is -2.36. The average molecular weight is 379 g/mol. The number of hydrogen-bond donors (Lipinski definition) is 2. The summed E-state index contributed by atoms with van der Waals surface area (Å²) in [6, 6.07) is 2.91. The molecular formula is C13H19BrN2O4S. The van der Waals surface area contributed by atoms with Crippen LogP contribution in [0.4, 0.5) is 5.69 Å². The van der Waals surface area contributed by atoms with Gasteiger partial charge in [0, 0.05) is 23.2 Å². The number of piperidine rings is 1. The number of methoxy groups -OCH3 is 1. The number of nitrogens with zero attached hydrogens (tertiary/aromatic N) is 1. The number of rotatable bonds is 3. The van der Waals surface area contributed by atoms with Crippen LogP contribution in [0.5, 0.6) is 5.75 Å². The zero-order valence-electron chi connectivity index (χ0n) is 12.0. The van der Waals surface area contributed by atoms with Crippen molar-refractivity contribution < 1.29 is 18.3 Å². The van der Waals surface area contributed by atoms with Gasteiger partial charge in [-0.25, -0.2) is 8.42 Å². The second-order valence-electron chi connectivity index (χ2n) is 5.46. The summed E-state index contributed by atoms with van der Waals surface area (Å²) in [5.41, 5.74) is 5.09. The van der Waals surface area contributed by atoms with Gasteiger partial charge < -0.3 is 15.6 Å². The normalized spacial score (nSPS) is 24.0. The molecule has 1 fully saturated rings. The van der Waals surface area contributed by atoms with E-state index < -0.39 is 15.6 Å². The molecule has 0 bridgehead atoms. The summed E-state index contributed by atoms with van der Waals surface area (Å²) in [6.07, 6.45) is 1.19. The lowest BCUT2D eigenvalue weighted by molar-refractivity contribution is 0.00936. The Balaban J connectivity index is 2.47. The van der Waals surface area contributed by atoms with Crippen molar-refractivity contribution in [2.75, 3.05) is 25.9 Å². The summed E-state index contributed by atoms with van der Waals surface area (Å²) in [6.45, 7) is 2.08. The van der Waals surface area contributed by atoms with Crippen LogP contribution in [-0.4, -0.2) is 43.6 Å². The van der Waals surface area contributed by atoms with E-state index in [1.807, 2.05) is 0 Å². The molecule has 0 aromatic heterocycles. The van der Waals surface area contributed by atoms with E-state index in [2.05, 4.69) is 15.9 Å². The molecule has 1 unspecified atom stereocenters. The predicted octanol–water partition coefficient (Wildman–Crippen LogP) is 1.58. The molecule has 2 rings (SSSR count). The van der Waals surface area contributed by atoms with Gasteiger partial charge in [0.05, 0.1) is 12.7 Å². The molecular weight excluding hydrogens is 360 g/mol. The van der Waals surface area contributed by atoms with Crippen LogP contribution in [0.2, 0.25) is 0 Å². The van der Waals surface area contributed by atoms with Gasteiger partial charge in [0.1, 0.15) is 10.6 Å². The predicted molar refractivity (Wildman–Crippen MR) is 83.7 cm³/mol. The van der Waals surface area contributed by atoms with Crippen LogP contribution in [0, 0.1) is 0 Å². The molecule has 0 aliphatic carbocycles. The third kappa shape index (κ3) is 3.33. The second-order valence-corrected chi connectivity index (χ2v) is 8.22. The van der Waals surface area contributed by atoms with E-state index in [0.717, 1.165) is 0 Å². The Bertz CT molecular complexity index is 646. The minimum atomic E-state index is -3.77. The Kier molecular flexibility index (Phi) is 4.53. The molecule has 1 aliphatic heterocycles. The van der Waals surface area contributed by atoms with Gasteiger partial charge in [-0.3, -0.25) is 0 Å². The van der Waals surface area contributed by atoms with Gasteiger partial charge in [-0.2, -0.15) is 4.31 Å². The van der Waals surface area contributed by atoms with Crippen LogP contribution in [0.1, 0.15) is 19.8 Å². The van der Waals surface area contributed by atoms with Crippen LogP contribution in [0.25, 0.3) is 0 Å². The summed E-state index contributed by atoms with van der Waals surface area (Å²) in [5, 5.41) is 10.1. The van der Waals surface area contributed by atoms with Crippen molar-refractivity contribution in [3.05, 3.63) is 16.6 Å². The van der Waals surface area contributed by atoms with Crippen molar-refractivity contribution in [2.45, 2.75) is 30.3 Å². The second kappa shape index (κ2) is 5.75. The van der Waals surface area contributed by atoms with Gasteiger partial charge in [0.25, 0.3) is 0 Å². The number of sulfonamides is 1. The van der Waals surface area contributed by atoms with Crippen molar-refractivity contribution >= 4 is 31.6 Å². The maximum absolute atomic E-state index is 12.8. The third-order valence-corrected chi connectivity index (χ3v) is 6.09. The lowest BCUT2D eigenvalue weighted by Crippen LogP contribution is -2.48. The largest absolute Gasteiger partial charge is 0.495 e. The molecule has 1 aromatic carbocycles. The first-order valence-electron chi connectivity index (χ1n) is 6.53. The quantitative estimate of drug-likeness (QED) is 0.778. The van der Waals surface area contributed by atoms with Crippen LogP contribution in [0.3, 0.4) is 0 Å². The van der Waals surface area contributed by atoms with Crippen LogP contribution >= 0.6 is 15.9 Å². The van der Waals surface area contributed by atoms with E-state index in [9.17, 15) is 13.5 Å². The summed E-state index contributed by atoms with van der Waals surface area (Å²) in [5.74, 6) is 0.223. The molecule has 0 saturated carbocycles. The number of hydrogen-bond acceptors (Lipinski definition) is 5. The molecule has 1 heterocycles. The molecule has 6 nitrogen and oxygen atoms in total. The number of halogens is 1. The minimum absolute atomic E-state index is 0.0170. The summed E-state index contributed by atoms with van der Waals surface area (Å²) in [7, 11) is -2.36. The van der Waals surface area contributed by atoms with Crippen molar-refractivity contribution in [3.8, 4) is 5.75 Å². The number of nitrogens with two attached hydrogens (primary N) is 1. The fourth-order valence-electron chi connectivity index (χ4n) is 2.43. The van der Waals surface area contributed by atoms with Crippen LogP contribution in [0.15, 0.2) is 21.5 Å². The van der Waals surface area contributed by atoms with Gasteiger partial charge >= 0.3 is 0 Å². The SMILES string of the molecule is COc1cc(Br)c(N)cc1S(=O)(=O)N1CCCC(C)(O)C1. The molecule has 1 aliphatic rings. The molecule has 1 atom stereocenters. The fraction of sp³-hybridized carbons (Fsp3) is 0.538. The zero-order valence-corrected chi connectivity index (χ0v) is 14.4. The molecule has 0 radical (unpaired) electrons. The van der Waals surface area contributed by atoms with Crippen molar-refractivity contribution in [3.63, 3.8) is 0 Å². The molecule has 21 heavy (non-hydrogen) atoms. The highest BCUT2D eigenvalue weighted by atomic mass is 79.9. The van der Waals surface area contributed by atoms with E-state index in [1.165, 1.54) is 23.5 Å². The van der Waals surface area contributed by atoms with Gasteiger partial charge in [-0.05, 0) is 47.8 Å². The van der Waals surface area contributed by atoms with Crippen molar-refractivity contribution in [2.24, 2.45) is 0 Å². The lowest BCUT2D eigenvalue weighted by atomic mass is 9.97. The molecule has 0 spiro atoms. The first kappa shape index (κ1) is 16.5. The molecule has 8 heteroatoms. The molecule has 1 aromatic rings. The Hall–Kier alpha value is -0.830. The highest BCUT2D eigenvalue weighted by Gasteiger charge is 2.37. The first-order chi connectivity index (χ1) is 9.67. The van der Waals surface area contributed by atoms with E-state index >= 15 is 0 Å². The number of anilines is 1. The molecule has 1 saturated heterocycles. The van der Waals surface area contributed by atoms with E-state index in [4.69, 9.17) is 10.5 Å². The fourth-order valence-corrected chi connectivity index (χ4v) is 4.52. The molecule has 0 amide bonds. The Morgan fingerprint density at radius 2 is 2.14 bits per heavy atom. The van der Waals surface area contributed by atoms with E-state index in [0.29, 0.717) is 29.5 Å². The van der Waals surface area contributed by atoms with Crippen LogP contribution < -0.4 is 10.5 Å². The van der Waals surface area contributed by atoms with Crippen LogP contribution in [-0.2, 0) is 10.0 Å². The number of benzene rings is 1. The maximum atomic E-state index is 12.8. The standard InChI is InChI=1S/C13H19BrN2O4S/c1-13(17)4-3-5-16(8-13)21(18,19)12-7-10(15)9(14)6-11(12)20-2/h6-7,17H,3-5,8,15H2,1-2H3. The van der Waals surface area contributed by atoms with Gasteiger partial charge in [0.2, 0.25) is 10.0 Å². The maximum Gasteiger partial charge on any atom is 0.246 e. The smallest absolute Gasteiger partial charge is 0.246 e. The number of β-amino-alcohol motifs (C(OH)–C–C–N with tert-alkyl or cyclic N) is 1. The van der Waals surface area contributed by atoms with Gasteiger partial charge in [-0.15, -0.1) is 0 Å². The summed E-state index contributed by atoms with van der Waals surface area (Å²) >= 11 is 3.25. The number of ether oxygens (including phenoxy) is 1. The molecule has 3 N–H and O–H groups in total. The summed E-state index contributed by atoms with van der Waals surface area (Å²) in [4.78, 5) is 0.0170. The van der Waals surface area contributed by atoms with Crippen molar-refractivity contribution in [1.82, 2.24) is 4.31 Å². The number of aliphatic hydroxyl groups is 1. The Morgan fingerprint density at radius 3 is 2.71 bits per heavy atom. The Morgan fingerprint density at radius 1 is 1.48 bits per heavy atom. The first-order valence-corrected chi connectivity index (χ1v) is 8.76. The molecule has 118 valence electrons. The topological polar surface area (TPSA) is 92.9 Å². The van der Waals surface area contributed by atoms with Gasteiger partial charge in [-0.1, -0.05) is 0 Å². The number of nitrogen functional groups attached to an aromatic ring is 1. The van der Waals surface area contributed by atoms with Gasteiger partial charge in [0.15, 0.2) is 0 Å². The zero-order chi connectivity index (χ0) is 15.8. The summed E-state index contributed by atoms with van der Waals surface area (Å²) < 4.78 is 32.6. The highest BCUT2D eigenvalue weighted by molar-refractivity contribution is 9.10. The Labute approximate surface area is 133 Å². The monoisotopic (exact) mass is 378 g/mol. The minimum Gasteiger partial charge on any atom is -0.495 e. The third-order valence-electron chi connectivity index (χ3n) is 3.54. The average Bonchev–Trinajstić information content (AvgIpc) is 2.40. The van der Waals surface area contributed by atoms with E-state index in [-0.39, 0.29) is 17.2 Å². The highest BCUT2D eigenvalue weighted by Crippen LogP contribution is 2.35. The van der Waals surface area contributed by atoms with E-state index in [1.54, 1.807) is 6.92 Å². The van der Waals surface area contributed by atoms with Crippen molar-refractivity contribution in [1.29, 1.82) is 0 Å².